The molecule has 2 nitrogen and oxygen atoms in total. The summed E-state index contributed by atoms with van der Waals surface area (Å²) in [6, 6.07) is 11.4. The van der Waals surface area contributed by atoms with Gasteiger partial charge in [0.25, 0.3) is 0 Å². The van der Waals surface area contributed by atoms with Crippen LogP contribution in [0.25, 0.3) is 0 Å². The summed E-state index contributed by atoms with van der Waals surface area (Å²) in [4.78, 5) is 0. The summed E-state index contributed by atoms with van der Waals surface area (Å²) in [5.74, 6) is 0.805. The molecule has 2 rings (SSSR count). The van der Waals surface area contributed by atoms with Crippen molar-refractivity contribution in [2.75, 3.05) is 0 Å². The fraction of sp³-hybridized carbons (Fsp3) is 0.200. The van der Waals surface area contributed by atoms with Crippen molar-refractivity contribution in [1.82, 2.24) is 0 Å². The van der Waals surface area contributed by atoms with Crippen LogP contribution >= 0.6 is 23.2 Å². The zero-order valence-corrected chi connectivity index (χ0v) is 12.1. The minimum absolute atomic E-state index is 0.437. The number of benzene rings is 2. The van der Waals surface area contributed by atoms with E-state index in [1.54, 1.807) is 12.1 Å². The molecule has 0 radical (unpaired) electrons. The minimum atomic E-state index is 0.437. The summed E-state index contributed by atoms with van der Waals surface area (Å²) >= 11 is 11.8. The maximum absolute atomic E-state index is 5.97. The molecule has 0 aliphatic heterocycles. The molecule has 0 bridgehead atoms. The first-order valence-corrected chi connectivity index (χ1v) is 6.72. The molecule has 0 atom stereocenters. The maximum atomic E-state index is 5.97. The van der Waals surface area contributed by atoms with Gasteiger partial charge in [0, 0.05) is 12.1 Å². The Morgan fingerprint density at radius 3 is 2.53 bits per heavy atom. The summed E-state index contributed by atoms with van der Waals surface area (Å²) in [5.41, 5.74) is 8.85. The quantitative estimate of drug-likeness (QED) is 0.911. The van der Waals surface area contributed by atoms with E-state index in [2.05, 4.69) is 0 Å². The third kappa shape index (κ3) is 3.63. The van der Waals surface area contributed by atoms with Crippen LogP contribution in [0.1, 0.15) is 16.7 Å². The first-order chi connectivity index (χ1) is 9.10. The molecule has 0 heterocycles. The van der Waals surface area contributed by atoms with E-state index in [0.717, 1.165) is 16.9 Å². The second kappa shape index (κ2) is 6.29. The highest BCUT2D eigenvalue weighted by atomic mass is 35.5. The van der Waals surface area contributed by atoms with Gasteiger partial charge >= 0.3 is 0 Å². The molecular weight excluding hydrogens is 281 g/mol. The van der Waals surface area contributed by atoms with Crippen LogP contribution in [-0.2, 0) is 13.2 Å². The molecule has 0 aliphatic rings. The molecule has 0 aromatic heterocycles. The SMILES string of the molecule is Cc1ccc(OCc2ccc(Cl)c(Cl)c2)c(CN)c1. The van der Waals surface area contributed by atoms with Crippen LogP contribution in [0.3, 0.4) is 0 Å². The van der Waals surface area contributed by atoms with Gasteiger partial charge in [0.1, 0.15) is 12.4 Å². The zero-order valence-electron chi connectivity index (χ0n) is 10.6. The third-order valence-electron chi connectivity index (χ3n) is 2.81. The first-order valence-electron chi connectivity index (χ1n) is 5.96. The highest BCUT2D eigenvalue weighted by Crippen LogP contribution is 2.24. The van der Waals surface area contributed by atoms with Crippen molar-refractivity contribution in [2.45, 2.75) is 20.1 Å². The fourth-order valence-electron chi connectivity index (χ4n) is 1.80. The van der Waals surface area contributed by atoms with Gasteiger partial charge in [0.2, 0.25) is 0 Å². The second-order valence-corrected chi connectivity index (χ2v) is 5.17. The lowest BCUT2D eigenvalue weighted by molar-refractivity contribution is 0.303. The molecule has 0 fully saturated rings. The van der Waals surface area contributed by atoms with Crippen molar-refractivity contribution >= 4 is 23.2 Å². The van der Waals surface area contributed by atoms with Gasteiger partial charge in [0.05, 0.1) is 10.0 Å². The first kappa shape index (κ1) is 14.2. The second-order valence-electron chi connectivity index (χ2n) is 4.35. The Bertz CT molecular complexity index is 584. The summed E-state index contributed by atoms with van der Waals surface area (Å²) in [7, 11) is 0. The smallest absolute Gasteiger partial charge is 0.124 e. The Morgan fingerprint density at radius 2 is 1.84 bits per heavy atom. The van der Waals surface area contributed by atoms with E-state index in [9.17, 15) is 0 Å². The van der Waals surface area contributed by atoms with E-state index in [-0.39, 0.29) is 0 Å². The molecule has 0 unspecified atom stereocenters. The maximum Gasteiger partial charge on any atom is 0.124 e. The molecular formula is C15H15Cl2NO. The van der Waals surface area contributed by atoms with Gasteiger partial charge in [-0.15, -0.1) is 0 Å². The molecule has 0 aliphatic carbocycles. The van der Waals surface area contributed by atoms with Crippen molar-refractivity contribution in [3.8, 4) is 5.75 Å². The van der Waals surface area contributed by atoms with Gasteiger partial charge in [-0.25, -0.2) is 0 Å². The molecule has 100 valence electrons. The van der Waals surface area contributed by atoms with Crippen molar-refractivity contribution in [3.05, 3.63) is 63.1 Å². The minimum Gasteiger partial charge on any atom is -0.489 e. The number of hydrogen-bond acceptors (Lipinski definition) is 2. The van der Waals surface area contributed by atoms with Crippen molar-refractivity contribution < 1.29 is 4.74 Å². The number of hydrogen-bond donors (Lipinski definition) is 1. The lowest BCUT2D eigenvalue weighted by Gasteiger charge is -2.11. The molecule has 4 heteroatoms. The van der Waals surface area contributed by atoms with E-state index >= 15 is 0 Å². The lowest BCUT2D eigenvalue weighted by Crippen LogP contribution is -2.03. The molecule has 0 saturated carbocycles. The van der Waals surface area contributed by atoms with Crippen LogP contribution in [0.15, 0.2) is 36.4 Å². The highest BCUT2D eigenvalue weighted by molar-refractivity contribution is 6.42. The predicted octanol–water partition coefficient (Wildman–Crippen LogP) is 4.34. The Hall–Kier alpha value is -1.22. The monoisotopic (exact) mass is 295 g/mol. The van der Waals surface area contributed by atoms with Crippen LogP contribution in [0, 0.1) is 6.92 Å². The third-order valence-corrected chi connectivity index (χ3v) is 3.55. The topological polar surface area (TPSA) is 35.2 Å². The standard InChI is InChI=1S/C15H15Cl2NO/c1-10-2-5-15(12(6-10)8-18)19-9-11-3-4-13(16)14(17)7-11/h2-7H,8-9,18H2,1H3. The number of halogens is 2. The molecule has 2 aromatic carbocycles. The van der Waals surface area contributed by atoms with Gasteiger partial charge in [-0.2, -0.15) is 0 Å². The average molecular weight is 296 g/mol. The molecule has 2 N–H and O–H groups in total. The van der Waals surface area contributed by atoms with Crippen LogP contribution in [-0.4, -0.2) is 0 Å². The van der Waals surface area contributed by atoms with Gasteiger partial charge < -0.3 is 10.5 Å². The Balaban J connectivity index is 2.12. The Kier molecular flexibility index (Phi) is 4.70. The highest BCUT2D eigenvalue weighted by Gasteiger charge is 2.04. The van der Waals surface area contributed by atoms with Crippen molar-refractivity contribution in [2.24, 2.45) is 5.73 Å². The van der Waals surface area contributed by atoms with E-state index in [0.29, 0.717) is 23.2 Å². The largest absolute Gasteiger partial charge is 0.489 e. The van der Waals surface area contributed by atoms with E-state index < -0.39 is 0 Å². The van der Waals surface area contributed by atoms with E-state index in [1.807, 2.05) is 31.2 Å². The Morgan fingerprint density at radius 1 is 1.05 bits per heavy atom. The molecule has 2 aromatic rings. The van der Waals surface area contributed by atoms with Gasteiger partial charge in [-0.1, -0.05) is 47.0 Å². The molecule has 19 heavy (non-hydrogen) atoms. The van der Waals surface area contributed by atoms with Gasteiger partial charge in [-0.05, 0) is 30.7 Å². The van der Waals surface area contributed by atoms with E-state index in [4.69, 9.17) is 33.7 Å². The Labute approximate surface area is 123 Å². The number of aryl methyl sites for hydroxylation is 1. The van der Waals surface area contributed by atoms with E-state index in [1.165, 1.54) is 5.56 Å². The number of ether oxygens (including phenoxy) is 1. The van der Waals surface area contributed by atoms with Crippen molar-refractivity contribution in [1.29, 1.82) is 0 Å². The molecule has 0 amide bonds. The fourth-order valence-corrected chi connectivity index (χ4v) is 2.12. The molecule has 0 spiro atoms. The number of nitrogens with two attached hydrogens (primary N) is 1. The lowest BCUT2D eigenvalue weighted by atomic mass is 10.1. The van der Waals surface area contributed by atoms with Crippen molar-refractivity contribution in [3.63, 3.8) is 0 Å². The van der Waals surface area contributed by atoms with Crippen LogP contribution in [0.5, 0.6) is 5.75 Å². The zero-order chi connectivity index (χ0) is 13.8. The molecule has 0 saturated heterocycles. The summed E-state index contributed by atoms with van der Waals surface area (Å²) in [6.45, 7) is 2.92. The average Bonchev–Trinajstić information content (AvgIpc) is 2.41. The normalized spacial score (nSPS) is 10.5. The summed E-state index contributed by atoms with van der Waals surface area (Å²) < 4.78 is 5.78. The number of rotatable bonds is 4. The summed E-state index contributed by atoms with van der Waals surface area (Å²) in [6.07, 6.45) is 0. The van der Waals surface area contributed by atoms with Gasteiger partial charge in [-0.3, -0.25) is 0 Å². The van der Waals surface area contributed by atoms with Crippen LogP contribution in [0.4, 0.5) is 0 Å². The predicted molar refractivity (Wildman–Crippen MR) is 79.9 cm³/mol. The van der Waals surface area contributed by atoms with Gasteiger partial charge in [0.15, 0.2) is 0 Å². The summed E-state index contributed by atoms with van der Waals surface area (Å²) in [5, 5.41) is 1.08. The van der Waals surface area contributed by atoms with Crippen LogP contribution in [0.2, 0.25) is 10.0 Å². The van der Waals surface area contributed by atoms with Crippen LogP contribution < -0.4 is 10.5 Å².